The Morgan fingerprint density at radius 1 is 1.07 bits per heavy atom. The Balaban J connectivity index is 1.72. The van der Waals surface area contributed by atoms with Gasteiger partial charge in [0.25, 0.3) is 0 Å². The van der Waals surface area contributed by atoms with Crippen molar-refractivity contribution in [1.29, 1.82) is 0 Å². The van der Waals surface area contributed by atoms with Crippen molar-refractivity contribution in [2.24, 2.45) is 16.3 Å². The van der Waals surface area contributed by atoms with Gasteiger partial charge in [-0.15, -0.1) is 0 Å². The second-order valence-corrected chi connectivity index (χ2v) is 9.89. The largest absolute Gasteiger partial charge is 0.299 e. The molecule has 1 aromatic carbocycles. The van der Waals surface area contributed by atoms with Crippen LogP contribution in [0.2, 0.25) is 0 Å². The number of ketones is 1. The van der Waals surface area contributed by atoms with E-state index in [4.69, 9.17) is 4.99 Å². The van der Waals surface area contributed by atoms with E-state index in [9.17, 15) is 13.6 Å². The average Bonchev–Trinajstić information content (AvgIpc) is 3.03. The Hall–Kier alpha value is -2.37. The number of aliphatic imine (C=N–C) groups is 1. The number of carbonyl (C=O) groups is 1. The topological polar surface area (TPSA) is 58.1 Å². The van der Waals surface area contributed by atoms with E-state index in [0.29, 0.717) is 12.2 Å². The number of rotatable bonds is 2. The van der Waals surface area contributed by atoms with Crippen LogP contribution in [-0.2, 0) is 10.2 Å². The molecule has 0 bridgehead atoms. The standard InChI is InChI=1S/C23H25F2N3O/c1-21(2)11-15-17(16(29)12-21)22(3,14-7-5-4-6-8-14)18-19(27-28-20(18)26-15)13-9-23(24,25)10-13/h4-8,13,17H,9-12H2,1-3H3,(H,27,28). The van der Waals surface area contributed by atoms with Gasteiger partial charge in [-0.3, -0.25) is 9.89 Å². The molecule has 1 aromatic heterocycles. The lowest BCUT2D eigenvalue weighted by atomic mass is 9.56. The monoisotopic (exact) mass is 397 g/mol. The molecular formula is C23H25F2N3O. The number of nitrogens with one attached hydrogen (secondary N) is 1. The highest BCUT2D eigenvalue weighted by Crippen LogP contribution is 2.57. The smallest absolute Gasteiger partial charge is 0.249 e. The predicted molar refractivity (Wildman–Crippen MR) is 107 cm³/mol. The molecule has 2 heterocycles. The van der Waals surface area contributed by atoms with Crippen LogP contribution in [0.25, 0.3) is 0 Å². The summed E-state index contributed by atoms with van der Waals surface area (Å²) >= 11 is 0. The number of aromatic amines is 1. The number of hydrogen-bond acceptors (Lipinski definition) is 3. The Kier molecular flexibility index (Phi) is 3.75. The molecule has 0 radical (unpaired) electrons. The summed E-state index contributed by atoms with van der Waals surface area (Å²) in [6.45, 7) is 6.24. The zero-order chi connectivity index (χ0) is 20.6. The van der Waals surface area contributed by atoms with Gasteiger partial charge in [-0.2, -0.15) is 5.10 Å². The maximum absolute atomic E-state index is 13.6. The minimum absolute atomic E-state index is 0.142. The van der Waals surface area contributed by atoms with Gasteiger partial charge in [0.1, 0.15) is 5.78 Å². The van der Waals surface area contributed by atoms with Crippen molar-refractivity contribution in [3.8, 4) is 0 Å². The maximum Gasteiger partial charge on any atom is 0.249 e. The maximum atomic E-state index is 13.6. The van der Waals surface area contributed by atoms with Gasteiger partial charge in [0.05, 0.1) is 5.92 Å². The minimum atomic E-state index is -2.63. The Morgan fingerprint density at radius 2 is 1.76 bits per heavy atom. The average molecular weight is 397 g/mol. The van der Waals surface area contributed by atoms with Crippen molar-refractivity contribution in [1.82, 2.24) is 10.2 Å². The third-order valence-corrected chi connectivity index (χ3v) is 6.96. The molecule has 2 aromatic rings. The summed E-state index contributed by atoms with van der Waals surface area (Å²) in [6.07, 6.45) is 0.849. The summed E-state index contributed by atoms with van der Waals surface area (Å²) in [7, 11) is 0. The van der Waals surface area contributed by atoms with Crippen LogP contribution in [0.15, 0.2) is 35.3 Å². The van der Waals surface area contributed by atoms with Crippen LogP contribution in [0.1, 0.15) is 69.2 Å². The van der Waals surface area contributed by atoms with E-state index < -0.39 is 11.3 Å². The summed E-state index contributed by atoms with van der Waals surface area (Å²) in [6, 6.07) is 9.90. The van der Waals surface area contributed by atoms with Crippen LogP contribution >= 0.6 is 0 Å². The van der Waals surface area contributed by atoms with E-state index in [1.807, 2.05) is 30.3 Å². The molecule has 0 amide bonds. The van der Waals surface area contributed by atoms with Crippen LogP contribution in [0, 0.1) is 11.3 Å². The molecule has 2 aliphatic carbocycles. The van der Waals surface area contributed by atoms with Crippen molar-refractivity contribution >= 4 is 17.3 Å². The molecule has 29 heavy (non-hydrogen) atoms. The van der Waals surface area contributed by atoms with Crippen molar-refractivity contribution in [2.75, 3.05) is 0 Å². The summed E-state index contributed by atoms with van der Waals surface area (Å²) in [5, 5.41) is 7.45. The second kappa shape index (κ2) is 5.83. The molecule has 3 aliphatic rings. The van der Waals surface area contributed by atoms with E-state index in [0.717, 1.165) is 29.0 Å². The molecule has 1 aliphatic heterocycles. The third-order valence-electron chi connectivity index (χ3n) is 6.96. The van der Waals surface area contributed by atoms with E-state index >= 15 is 0 Å². The quantitative estimate of drug-likeness (QED) is 0.746. The number of carbonyl (C=O) groups excluding carboxylic acids is 1. The fourth-order valence-electron chi connectivity index (χ4n) is 5.65. The van der Waals surface area contributed by atoms with Gasteiger partial charge in [0.2, 0.25) is 5.92 Å². The van der Waals surface area contributed by atoms with Gasteiger partial charge in [0.15, 0.2) is 5.82 Å². The molecule has 4 nitrogen and oxygen atoms in total. The molecule has 1 N–H and O–H groups in total. The van der Waals surface area contributed by atoms with Gasteiger partial charge < -0.3 is 0 Å². The molecule has 0 spiro atoms. The first-order chi connectivity index (χ1) is 13.6. The first-order valence-electron chi connectivity index (χ1n) is 10.2. The molecule has 6 heteroatoms. The lowest BCUT2D eigenvalue weighted by Crippen LogP contribution is -2.51. The van der Waals surface area contributed by atoms with Gasteiger partial charge in [-0.25, -0.2) is 13.8 Å². The molecule has 2 fully saturated rings. The van der Waals surface area contributed by atoms with Crippen LogP contribution in [0.5, 0.6) is 0 Å². The van der Waals surface area contributed by atoms with Crippen LogP contribution in [-0.4, -0.2) is 27.6 Å². The minimum Gasteiger partial charge on any atom is -0.299 e. The van der Waals surface area contributed by atoms with Crippen molar-refractivity contribution in [3.63, 3.8) is 0 Å². The summed E-state index contributed by atoms with van der Waals surface area (Å²) in [5.41, 5.74) is 2.59. The van der Waals surface area contributed by atoms with E-state index in [1.165, 1.54) is 0 Å². The SMILES string of the molecule is CC1(C)CC(=O)C2C(=Nc3n[nH]c(C4CC(F)(F)C4)c3C2(C)c2ccccc2)C1. The molecule has 2 atom stereocenters. The number of halogens is 2. The van der Waals surface area contributed by atoms with Crippen LogP contribution in [0.4, 0.5) is 14.6 Å². The molecule has 0 saturated heterocycles. The number of H-pyrrole nitrogens is 1. The van der Waals surface area contributed by atoms with Crippen LogP contribution in [0.3, 0.4) is 0 Å². The fraction of sp³-hybridized carbons (Fsp3) is 0.522. The lowest BCUT2D eigenvalue weighted by molar-refractivity contribution is -0.125. The number of aromatic nitrogens is 2. The third kappa shape index (κ3) is 2.71. The molecule has 2 unspecified atom stereocenters. The van der Waals surface area contributed by atoms with Crippen LogP contribution < -0.4 is 0 Å². The van der Waals surface area contributed by atoms with Gasteiger partial charge in [-0.1, -0.05) is 51.1 Å². The highest BCUT2D eigenvalue weighted by Gasteiger charge is 2.56. The molecular weight excluding hydrogens is 372 g/mol. The number of benzene rings is 1. The summed E-state index contributed by atoms with van der Waals surface area (Å²) in [5.74, 6) is -2.57. The van der Waals surface area contributed by atoms with Gasteiger partial charge in [0, 0.05) is 47.6 Å². The van der Waals surface area contributed by atoms with Gasteiger partial charge in [-0.05, 0) is 17.4 Å². The van der Waals surface area contributed by atoms with Crippen molar-refractivity contribution in [2.45, 2.75) is 63.7 Å². The first-order valence-corrected chi connectivity index (χ1v) is 10.2. The van der Waals surface area contributed by atoms with E-state index in [1.54, 1.807) is 0 Å². The second-order valence-electron chi connectivity index (χ2n) is 9.89. The number of Topliss-reactive ketones (excluding diaryl/α,β-unsaturated/α-hetero) is 1. The normalized spacial score (nSPS) is 30.2. The Bertz CT molecular complexity index is 1020. The predicted octanol–water partition coefficient (Wildman–Crippen LogP) is 5.32. The highest BCUT2D eigenvalue weighted by atomic mass is 19.3. The zero-order valence-electron chi connectivity index (χ0n) is 16.9. The number of alkyl halides is 2. The zero-order valence-corrected chi connectivity index (χ0v) is 16.9. The van der Waals surface area contributed by atoms with Crippen molar-refractivity contribution in [3.05, 3.63) is 47.2 Å². The Labute approximate surface area is 168 Å². The van der Waals surface area contributed by atoms with E-state index in [-0.39, 0.29) is 35.9 Å². The first kappa shape index (κ1) is 18.6. The highest BCUT2D eigenvalue weighted by molar-refractivity contribution is 6.11. The molecule has 2 saturated carbocycles. The lowest BCUT2D eigenvalue weighted by Gasteiger charge is -2.47. The Morgan fingerprint density at radius 3 is 2.41 bits per heavy atom. The number of fused-ring (bicyclic) bond motifs is 2. The number of nitrogens with zero attached hydrogens (tertiary/aromatic N) is 2. The van der Waals surface area contributed by atoms with Gasteiger partial charge >= 0.3 is 0 Å². The molecule has 5 rings (SSSR count). The van der Waals surface area contributed by atoms with E-state index in [2.05, 4.69) is 31.0 Å². The van der Waals surface area contributed by atoms with Crippen molar-refractivity contribution < 1.29 is 13.6 Å². The fourth-order valence-corrected chi connectivity index (χ4v) is 5.65. The molecule has 152 valence electrons. The summed E-state index contributed by atoms with van der Waals surface area (Å²) < 4.78 is 27.3. The number of hydrogen-bond donors (Lipinski definition) is 1. The summed E-state index contributed by atoms with van der Waals surface area (Å²) in [4.78, 5) is 18.2.